The fourth-order valence-corrected chi connectivity index (χ4v) is 5.38. The van der Waals surface area contributed by atoms with Crippen LogP contribution in [0.1, 0.15) is 30.7 Å². The molecular formula is C23H29N7OS. The van der Waals surface area contributed by atoms with E-state index in [0.717, 1.165) is 78.5 Å². The Labute approximate surface area is 192 Å². The highest BCUT2D eigenvalue weighted by Gasteiger charge is 2.30. The van der Waals surface area contributed by atoms with Crippen molar-refractivity contribution in [3.8, 4) is 10.7 Å². The zero-order chi connectivity index (χ0) is 22.1. The van der Waals surface area contributed by atoms with Crippen molar-refractivity contribution >= 4 is 34.0 Å². The third-order valence-electron chi connectivity index (χ3n) is 6.69. The molecule has 4 heterocycles. The van der Waals surface area contributed by atoms with Crippen molar-refractivity contribution in [2.75, 3.05) is 38.5 Å². The minimum atomic E-state index is 0.0554. The molecule has 1 saturated carbocycles. The number of rotatable bonds is 4. The van der Waals surface area contributed by atoms with Crippen LogP contribution in [0.3, 0.4) is 0 Å². The van der Waals surface area contributed by atoms with Gasteiger partial charge in [-0.1, -0.05) is 11.3 Å². The summed E-state index contributed by atoms with van der Waals surface area (Å²) in [6.45, 7) is 6.50. The van der Waals surface area contributed by atoms with Crippen LogP contribution in [0.2, 0.25) is 0 Å². The van der Waals surface area contributed by atoms with Crippen LogP contribution >= 0.6 is 11.3 Å². The third-order valence-corrected chi connectivity index (χ3v) is 7.55. The number of pyridine rings is 2. The molecule has 2 aliphatic rings. The summed E-state index contributed by atoms with van der Waals surface area (Å²) >= 11 is 1.52. The fraction of sp³-hybridized carbons (Fsp3) is 0.522. The second-order valence-electron chi connectivity index (χ2n) is 8.92. The van der Waals surface area contributed by atoms with Gasteiger partial charge in [-0.25, -0.2) is 9.97 Å². The summed E-state index contributed by atoms with van der Waals surface area (Å²) in [6, 6.07) is 6.38. The molecule has 0 radical (unpaired) electrons. The van der Waals surface area contributed by atoms with E-state index in [0.29, 0.717) is 11.9 Å². The second kappa shape index (κ2) is 9.17. The number of nitrogens with zero attached hydrogens (tertiary/aromatic N) is 6. The summed E-state index contributed by atoms with van der Waals surface area (Å²) in [5.74, 6) is 0.686. The van der Waals surface area contributed by atoms with E-state index in [4.69, 9.17) is 4.98 Å². The summed E-state index contributed by atoms with van der Waals surface area (Å²) in [5.41, 5.74) is 1.58. The number of fused-ring (bicyclic) bond motifs is 1. The maximum absolute atomic E-state index is 12.9. The molecule has 0 aromatic carbocycles. The maximum Gasteiger partial charge on any atom is 0.228 e. The van der Waals surface area contributed by atoms with Crippen molar-refractivity contribution in [2.45, 2.75) is 38.6 Å². The zero-order valence-corrected chi connectivity index (χ0v) is 19.4. The molecule has 2 fully saturated rings. The topological polar surface area (TPSA) is 87.1 Å². The van der Waals surface area contributed by atoms with Crippen molar-refractivity contribution < 1.29 is 4.79 Å². The molecule has 168 valence electrons. The first-order valence-corrected chi connectivity index (χ1v) is 12.2. The average molecular weight is 452 g/mol. The Morgan fingerprint density at radius 2 is 1.88 bits per heavy atom. The molecule has 1 aliphatic carbocycles. The highest BCUT2D eigenvalue weighted by molar-refractivity contribution is 7.14. The van der Waals surface area contributed by atoms with Gasteiger partial charge in [-0.05, 0) is 51.8 Å². The van der Waals surface area contributed by atoms with Crippen LogP contribution < -0.4 is 5.32 Å². The molecule has 0 bridgehead atoms. The number of piperazine rings is 1. The van der Waals surface area contributed by atoms with Gasteiger partial charge in [0.2, 0.25) is 5.91 Å². The number of carbonyl (C=O) groups excluding carboxylic acids is 1. The number of aryl methyl sites for hydroxylation is 1. The smallest absolute Gasteiger partial charge is 0.228 e. The van der Waals surface area contributed by atoms with Crippen LogP contribution in [0.15, 0.2) is 24.4 Å². The molecule has 32 heavy (non-hydrogen) atoms. The number of aromatic nitrogens is 4. The quantitative estimate of drug-likeness (QED) is 0.652. The maximum atomic E-state index is 12.9. The van der Waals surface area contributed by atoms with E-state index >= 15 is 0 Å². The Morgan fingerprint density at radius 1 is 1.09 bits per heavy atom. The zero-order valence-electron chi connectivity index (χ0n) is 18.6. The number of nitrogens with one attached hydrogen (secondary N) is 1. The normalized spacial score (nSPS) is 22.8. The summed E-state index contributed by atoms with van der Waals surface area (Å²) in [5, 5.41) is 13.9. The van der Waals surface area contributed by atoms with Crippen LogP contribution in [0.5, 0.6) is 0 Å². The highest BCUT2D eigenvalue weighted by atomic mass is 32.1. The summed E-state index contributed by atoms with van der Waals surface area (Å²) in [7, 11) is 2.19. The molecule has 0 unspecified atom stereocenters. The van der Waals surface area contributed by atoms with Crippen LogP contribution in [0.25, 0.3) is 21.6 Å². The highest BCUT2D eigenvalue weighted by Crippen LogP contribution is 2.29. The lowest BCUT2D eigenvalue weighted by Gasteiger charge is -2.40. The van der Waals surface area contributed by atoms with Crippen LogP contribution in [0.4, 0.5) is 5.82 Å². The van der Waals surface area contributed by atoms with E-state index in [1.54, 1.807) is 6.20 Å². The number of anilines is 1. The largest absolute Gasteiger partial charge is 0.310 e. The minimum absolute atomic E-state index is 0.0554. The Kier molecular flexibility index (Phi) is 6.12. The second-order valence-corrected chi connectivity index (χ2v) is 10.1. The van der Waals surface area contributed by atoms with Gasteiger partial charge in [0.15, 0.2) is 5.01 Å². The first kappa shape index (κ1) is 21.4. The number of carbonyl (C=O) groups is 1. The lowest BCUT2D eigenvalue weighted by atomic mass is 9.84. The Bertz CT molecular complexity index is 1100. The Hall–Kier alpha value is -2.49. The van der Waals surface area contributed by atoms with E-state index in [-0.39, 0.29) is 11.8 Å². The molecule has 3 aromatic heterocycles. The number of likely N-dealkylation sites (N-methyl/N-ethyl adjacent to an activating group) is 1. The van der Waals surface area contributed by atoms with E-state index in [9.17, 15) is 4.79 Å². The van der Waals surface area contributed by atoms with Gasteiger partial charge in [0.1, 0.15) is 16.5 Å². The van der Waals surface area contributed by atoms with Gasteiger partial charge in [0.25, 0.3) is 0 Å². The Balaban J connectivity index is 1.22. The molecule has 0 atom stereocenters. The predicted octanol–water partition coefficient (Wildman–Crippen LogP) is 3.20. The number of hydrogen-bond acceptors (Lipinski definition) is 8. The van der Waals surface area contributed by atoms with E-state index in [1.807, 2.05) is 25.1 Å². The van der Waals surface area contributed by atoms with Crippen molar-refractivity contribution in [3.05, 3.63) is 29.4 Å². The molecule has 1 amide bonds. The SMILES string of the molecule is Cc1nnc(-c2ccc3cnc(NC(=O)[C@H]4CC[C@H](N5CCN(C)CC5)CC4)cc3n2)s1. The summed E-state index contributed by atoms with van der Waals surface area (Å²) in [4.78, 5) is 27.1. The number of hydrogen-bond donors (Lipinski definition) is 1. The molecular weight excluding hydrogens is 422 g/mol. The summed E-state index contributed by atoms with van der Waals surface area (Å²) in [6.07, 6.45) is 5.83. The average Bonchev–Trinajstić information content (AvgIpc) is 3.25. The lowest BCUT2D eigenvalue weighted by molar-refractivity contribution is -0.121. The van der Waals surface area contributed by atoms with E-state index in [2.05, 4.69) is 37.3 Å². The van der Waals surface area contributed by atoms with Gasteiger partial charge in [-0.2, -0.15) is 0 Å². The van der Waals surface area contributed by atoms with Gasteiger partial charge in [-0.3, -0.25) is 9.69 Å². The molecule has 5 rings (SSSR count). The first-order chi connectivity index (χ1) is 15.5. The van der Waals surface area contributed by atoms with Crippen molar-refractivity contribution in [3.63, 3.8) is 0 Å². The standard InChI is InChI=1S/C23H29N7OS/c1-15-27-28-23(32-15)19-8-5-17-14-24-21(13-20(17)25-19)26-22(31)16-3-6-18(7-4-16)30-11-9-29(2)10-12-30/h5,8,13-14,16,18H,3-4,6-7,9-12H2,1-2H3,(H,24,26,31)/t16-,18-. The van der Waals surface area contributed by atoms with Crippen LogP contribution in [-0.4, -0.2) is 75.1 Å². The molecule has 1 saturated heterocycles. The van der Waals surface area contributed by atoms with Crippen molar-refractivity contribution in [2.24, 2.45) is 5.92 Å². The molecule has 3 aromatic rings. The van der Waals surface area contributed by atoms with Gasteiger partial charge >= 0.3 is 0 Å². The van der Waals surface area contributed by atoms with Crippen molar-refractivity contribution in [1.29, 1.82) is 0 Å². The third kappa shape index (κ3) is 4.65. The predicted molar refractivity (Wildman–Crippen MR) is 127 cm³/mol. The fourth-order valence-electron chi connectivity index (χ4n) is 4.72. The van der Waals surface area contributed by atoms with Gasteiger partial charge in [-0.15, -0.1) is 10.2 Å². The molecule has 1 aliphatic heterocycles. The lowest BCUT2D eigenvalue weighted by Crippen LogP contribution is -2.50. The monoisotopic (exact) mass is 451 g/mol. The molecule has 9 heteroatoms. The van der Waals surface area contributed by atoms with Crippen LogP contribution in [-0.2, 0) is 4.79 Å². The van der Waals surface area contributed by atoms with Gasteiger partial charge < -0.3 is 10.2 Å². The first-order valence-electron chi connectivity index (χ1n) is 11.4. The van der Waals surface area contributed by atoms with E-state index in [1.165, 1.54) is 11.3 Å². The number of amides is 1. The van der Waals surface area contributed by atoms with E-state index < -0.39 is 0 Å². The van der Waals surface area contributed by atoms with Gasteiger partial charge in [0.05, 0.1) is 5.52 Å². The minimum Gasteiger partial charge on any atom is -0.310 e. The van der Waals surface area contributed by atoms with Crippen LogP contribution in [0, 0.1) is 12.8 Å². The molecule has 8 nitrogen and oxygen atoms in total. The summed E-state index contributed by atoms with van der Waals surface area (Å²) < 4.78 is 0. The van der Waals surface area contributed by atoms with Gasteiger partial charge in [0, 0.05) is 55.8 Å². The van der Waals surface area contributed by atoms with Crippen molar-refractivity contribution in [1.82, 2.24) is 30.0 Å². The molecule has 0 spiro atoms. The Morgan fingerprint density at radius 3 is 2.59 bits per heavy atom. The molecule has 1 N–H and O–H groups in total.